The summed E-state index contributed by atoms with van der Waals surface area (Å²) in [6.07, 6.45) is 4.71. The molecule has 2 spiro atoms. The molecule has 2 N–H and O–H groups in total. The van der Waals surface area contributed by atoms with Crippen LogP contribution in [-0.2, 0) is 12.7 Å². The number of allylic oxidation sites excluding steroid dienone is 4. The van der Waals surface area contributed by atoms with Crippen LogP contribution < -0.4 is 4.74 Å². The van der Waals surface area contributed by atoms with Crippen molar-refractivity contribution < 1.29 is 42.1 Å². The van der Waals surface area contributed by atoms with Crippen LogP contribution in [0.5, 0.6) is 5.75 Å². The van der Waals surface area contributed by atoms with E-state index in [1.54, 1.807) is 11.0 Å². The minimum absolute atomic E-state index is 0.0190. The number of aliphatic hydroxyl groups excluding tert-OH is 1. The van der Waals surface area contributed by atoms with Crippen molar-refractivity contribution in [2.45, 2.75) is 83.2 Å². The van der Waals surface area contributed by atoms with Gasteiger partial charge in [-0.25, -0.2) is 4.79 Å². The highest BCUT2D eigenvalue weighted by Crippen LogP contribution is 2.78. The number of hydrogen-bond donors (Lipinski definition) is 2. The predicted molar refractivity (Wildman–Crippen MR) is 251 cm³/mol. The number of fused-ring (bicyclic) bond motifs is 3. The van der Waals surface area contributed by atoms with Gasteiger partial charge in [0, 0.05) is 33.9 Å². The molecule has 344 valence electrons. The summed E-state index contributed by atoms with van der Waals surface area (Å²) < 4.78 is 53.8. The Morgan fingerprint density at radius 1 is 0.806 bits per heavy atom. The van der Waals surface area contributed by atoms with E-state index in [1.165, 1.54) is 18.2 Å². The third-order valence-electron chi connectivity index (χ3n) is 17.2. The molecular weight excluding hydrogens is 875 g/mol. The molecule has 8 unspecified atom stereocenters. The zero-order valence-electron chi connectivity index (χ0n) is 37.3. The van der Waals surface area contributed by atoms with Gasteiger partial charge in [-0.2, -0.15) is 13.2 Å². The van der Waals surface area contributed by atoms with E-state index in [9.17, 15) is 28.2 Å². The van der Waals surface area contributed by atoms with Gasteiger partial charge in [-0.15, -0.1) is 0 Å². The lowest BCUT2D eigenvalue weighted by molar-refractivity contribution is -0.175. The third-order valence-corrected chi connectivity index (χ3v) is 17.6. The van der Waals surface area contributed by atoms with Gasteiger partial charge >= 0.3 is 12.3 Å². The van der Waals surface area contributed by atoms with Gasteiger partial charge in [-0.3, -0.25) is 4.79 Å². The molecule has 7 nitrogen and oxygen atoms in total. The molecular formula is C56H51ClF3NO6. The number of nitrogens with zero attached hydrogens (tertiary/aromatic N) is 1. The van der Waals surface area contributed by atoms with Gasteiger partial charge < -0.3 is 24.3 Å². The van der Waals surface area contributed by atoms with Gasteiger partial charge in [0.15, 0.2) is 5.76 Å². The number of halogens is 4. The molecule has 6 aliphatic rings. The quantitative estimate of drug-likeness (QED) is 0.116. The van der Waals surface area contributed by atoms with Crippen LogP contribution in [0.15, 0.2) is 143 Å². The van der Waals surface area contributed by atoms with Crippen molar-refractivity contribution in [2.24, 2.45) is 33.5 Å². The van der Waals surface area contributed by atoms with E-state index < -0.39 is 45.8 Å². The second kappa shape index (κ2) is 15.4. The fourth-order valence-corrected chi connectivity index (χ4v) is 14.0. The lowest BCUT2D eigenvalue weighted by Gasteiger charge is -2.71. The minimum atomic E-state index is -4.62. The maximum absolute atomic E-state index is 15.3. The monoisotopic (exact) mass is 925 g/mol. The van der Waals surface area contributed by atoms with Gasteiger partial charge in [-0.05, 0) is 132 Å². The Hall–Kier alpha value is -5.68. The summed E-state index contributed by atoms with van der Waals surface area (Å²) in [5.41, 5.74) is -3.50. The molecule has 0 saturated heterocycles. The first-order valence-electron chi connectivity index (χ1n) is 23.3. The van der Waals surface area contributed by atoms with Crippen LogP contribution in [-0.4, -0.2) is 45.2 Å². The first-order valence-corrected chi connectivity index (χ1v) is 23.6. The van der Waals surface area contributed by atoms with Crippen LogP contribution in [0.2, 0.25) is 5.02 Å². The Bertz CT molecular complexity index is 3060. The highest BCUT2D eigenvalue weighted by molar-refractivity contribution is 6.33. The summed E-state index contributed by atoms with van der Waals surface area (Å²) in [7, 11) is 0. The van der Waals surface area contributed by atoms with Crippen LogP contribution in [0.4, 0.5) is 18.0 Å². The first-order chi connectivity index (χ1) is 32.0. The van der Waals surface area contributed by atoms with E-state index in [-0.39, 0.29) is 58.2 Å². The number of ketones is 1. The highest BCUT2D eigenvalue weighted by Gasteiger charge is 2.74. The van der Waals surface area contributed by atoms with E-state index in [2.05, 4.69) is 32.1 Å². The second-order valence-electron chi connectivity index (χ2n) is 20.4. The molecule has 3 fully saturated rings. The number of Topliss-reactive ketones (excluding diaryl/α,β-unsaturated/α-hetero) is 1. The molecule has 1 aromatic heterocycles. The molecule has 8 atom stereocenters. The minimum Gasteiger partial charge on any atom is -0.453 e. The normalized spacial score (nSPS) is 30.7. The maximum Gasteiger partial charge on any atom is 0.416 e. The number of carbonyl (C=O) groups is 2. The molecule has 3 saturated carbocycles. The molecule has 5 aromatic carbocycles. The summed E-state index contributed by atoms with van der Waals surface area (Å²) in [4.78, 5) is 31.7. The standard InChI is InChI=1S/C56H51ClF3NO6/c1-51-23-20-39(62)30-53(51)26-27-55(43(31-53)49(63)46-19-18-45(67-46)42-29-38(56(58,59)60)15-17-44(42)57)47(51)21-24-52(2)48(55)22-25-54(52,65)33-61(32-37-12-7-11-35-9-5-6-13-41(35)37)50(64)66-40-16-14-34-8-3-4-10-36(34)28-40/h3-19,26-29,31,39,47-48,62,65H,20-25,30,32-33H2,1-2H3. The second-order valence-corrected chi connectivity index (χ2v) is 20.8. The summed E-state index contributed by atoms with van der Waals surface area (Å²) in [5, 5.41) is 28.7. The SMILES string of the molecule is CC12CCC(O)CC13C=CC1(C(C(=O)c4ccc(-c5cc(C(F)(F)F)ccc5Cl)o4)=C3)C2CCC2(C)C1CCC2(O)CN(Cc1cccc2ccccc12)C(=O)Oc1ccc2ccccc2c1. The third kappa shape index (κ3) is 6.67. The zero-order valence-corrected chi connectivity index (χ0v) is 38.0. The summed E-state index contributed by atoms with van der Waals surface area (Å²) in [6.45, 7) is 4.55. The Balaban J connectivity index is 0.977. The number of alkyl halides is 3. The molecule has 67 heavy (non-hydrogen) atoms. The van der Waals surface area contributed by atoms with E-state index in [4.69, 9.17) is 20.8 Å². The molecule has 6 aliphatic carbocycles. The lowest BCUT2D eigenvalue weighted by atomic mass is 9.32. The van der Waals surface area contributed by atoms with Gasteiger partial charge in [0.05, 0.1) is 28.8 Å². The number of rotatable bonds is 8. The predicted octanol–water partition coefficient (Wildman–Crippen LogP) is 13.4. The fraction of sp³-hybridized carbons (Fsp3) is 0.357. The summed E-state index contributed by atoms with van der Waals surface area (Å²) in [5.74, 6) is -0.299. The average Bonchev–Trinajstić information content (AvgIpc) is 3.90. The Labute approximate surface area is 391 Å². The number of benzene rings is 5. The van der Waals surface area contributed by atoms with Crippen LogP contribution in [0.3, 0.4) is 0 Å². The zero-order chi connectivity index (χ0) is 46.7. The molecule has 2 bridgehead atoms. The maximum atomic E-state index is 15.3. The molecule has 1 heterocycles. The first kappa shape index (κ1) is 43.9. The van der Waals surface area contributed by atoms with Crippen molar-refractivity contribution >= 4 is 45.0 Å². The van der Waals surface area contributed by atoms with Crippen molar-refractivity contribution in [2.75, 3.05) is 6.54 Å². The van der Waals surface area contributed by atoms with Crippen molar-refractivity contribution in [3.05, 3.63) is 161 Å². The number of hydrogen-bond acceptors (Lipinski definition) is 6. The molecule has 12 rings (SSSR count). The van der Waals surface area contributed by atoms with Crippen LogP contribution in [0.1, 0.15) is 80.5 Å². The molecule has 0 aliphatic heterocycles. The molecule has 1 amide bonds. The number of ether oxygens (including phenoxy) is 1. The molecule has 0 radical (unpaired) electrons. The van der Waals surface area contributed by atoms with E-state index in [1.807, 2.05) is 78.9 Å². The largest absolute Gasteiger partial charge is 0.453 e. The van der Waals surface area contributed by atoms with Gasteiger partial charge in [-0.1, -0.05) is 116 Å². The molecule has 11 heteroatoms. The average molecular weight is 926 g/mol. The van der Waals surface area contributed by atoms with Crippen molar-refractivity contribution in [1.82, 2.24) is 4.90 Å². The number of carbonyl (C=O) groups excluding carboxylic acids is 2. The van der Waals surface area contributed by atoms with Gasteiger partial charge in [0.25, 0.3) is 0 Å². The topological polar surface area (TPSA) is 100 Å². The van der Waals surface area contributed by atoms with Crippen molar-refractivity contribution in [1.29, 1.82) is 0 Å². The Morgan fingerprint density at radius 3 is 2.33 bits per heavy atom. The molecule has 6 aromatic rings. The Kier molecular flexibility index (Phi) is 10.1. The number of furan rings is 1. The van der Waals surface area contributed by atoms with E-state index in [0.29, 0.717) is 49.8 Å². The van der Waals surface area contributed by atoms with Crippen molar-refractivity contribution in [3.63, 3.8) is 0 Å². The van der Waals surface area contributed by atoms with Crippen LogP contribution >= 0.6 is 11.6 Å². The summed E-state index contributed by atoms with van der Waals surface area (Å²) >= 11 is 6.44. The van der Waals surface area contributed by atoms with E-state index in [0.717, 1.165) is 45.7 Å². The van der Waals surface area contributed by atoms with Gasteiger partial charge in [0.2, 0.25) is 5.78 Å². The number of amides is 1. The number of aliphatic hydroxyl groups is 2. The lowest BCUT2D eigenvalue weighted by Crippen LogP contribution is -2.67. The van der Waals surface area contributed by atoms with Crippen molar-refractivity contribution in [3.8, 4) is 17.1 Å². The highest BCUT2D eigenvalue weighted by atomic mass is 35.5. The fourth-order valence-electron chi connectivity index (χ4n) is 13.8. The smallest absolute Gasteiger partial charge is 0.416 e. The van der Waals surface area contributed by atoms with Gasteiger partial charge in [0.1, 0.15) is 11.5 Å². The Morgan fingerprint density at radius 2 is 1.52 bits per heavy atom. The van der Waals surface area contributed by atoms with Crippen LogP contribution in [0, 0.1) is 33.5 Å². The van der Waals surface area contributed by atoms with Crippen LogP contribution in [0.25, 0.3) is 32.9 Å². The van der Waals surface area contributed by atoms with E-state index >= 15 is 4.79 Å². The summed E-state index contributed by atoms with van der Waals surface area (Å²) in [6, 6.07) is 33.4.